The highest BCUT2D eigenvalue weighted by Gasteiger charge is 2.10. The molecule has 0 atom stereocenters. The zero-order chi connectivity index (χ0) is 19.1. The van der Waals surface area contributed by atoms with Gasteiger partial charge in [-0.2, -0.15) is 0 Å². The molecule has 2 aromatic heterocycles. The molecule has 27 heavy (non-hydrogen) atoms. The molecule has 0 unspecified atom stereocenters. The highest BCUT2D eigenvalue weighted by atomic mass is 16.2. The van der Waals surface area contributed by atoms with E-state index in [0.29, 0.717) is 25.2 Å². The van der Waals surface area contributed by atoms with Gasteiger partial charge in [0.2, 0.25) is 0 Å². The van der Waals surface area contributed by atoms with Crippen LogP contribution < -0.4 is 5.32 Å². The van der Waals surface area contributed by atoms with Crippen LogP contribution in [-0.4, -0.2) is 37.4 Å². The van der Waals surface area contributed by atoms with Gasteiger partial charge >= 0.3 is 0 Å². The topological polar surface area (TPSA) is 85.6 Å². The Labute approximate surface area is 158 Å². The molecule has 0 bridgehead atoms. The van der Waals surface area contributed by atoms with Gasteiger partial charge in [0, 0.05) is 24.4 Å². The van der Waals surface area contributed by atoms with Crippen molar-refractivity contribution in [3.8, 4) is 0 Å². The Morgan fingerprint density at radius 2 is 1.89 bits per heavy atom. The van der Waals surface area contributed by atoms with E-state index in [1.807, 2.05) is 62.4 Å². The van der Waals surface area contributed by atoms with Crippen LogP contribution in [0.2, 0.25) is 0 Å². The number of allylic oxidation sites excluding steroid dienone is 1. The van der Waals surface area contributed by atoms with Crippen LogP contribution in [0.15, 0.2) is 48.7 Å². The lowest BCUT2D eigenvalue weighted by Gasteiger charge is -2.04. The molecule has 0 aliphatic heterocycles. The van der Waals surface area contributed by atoms with Crippen molar-refractivity contribution < 1.29 is 4.79 Å². The third-order valence-corrected chi connectivity index (χ3v) is 3.84. The quantitative estimate of drug-likeness (QED) is 0.697. The van der Waals surface area contributed by atoms with Crippen LogP contribution in [0.3, 0.4) is 0 Å². The molecular weight excluding hydrogens is 340 g/mol. The van der Waals surface area contributed by atoms with Crippen molar-refractivity contribution in [2.24, 2.45) is 0 Å². The van der Waals surface area contributed by atoms with E-state index in [1.54, 1.807) is 10.9 Å². The molecule has 2 heterocycles. The summed E-state index contributed by atoms with van der Waals surface area (Å²) in [4.78, 5) is 20.9. The van der Waals surface area contributed by atoms with E-state index in [0.717, 1.165) is 22.8 Å². The van der Waals surface area contributed by atoms with Gasteiger partial charge < -0.3 is 5.32 Å². The largest absolute Gasteiger partial charge is 0.350 e. The molecule has 0 spiro atoms. The molecule has 1 N–H and O–H groups in total. The molecule has 3 rings (SSSR count). The average Bonchev–Trinajstić information content (AvgIpc) is 3.11. The van der Waals surface area contributed by atoms with Crippen molar-refractivity contribution >= 4 is 12.0 Å². The molecule has 1 aromatic carbocycles. The van der Waals surface area contributed by atoms with Crippen molar-refractivity contribution in [2.45, 2.75) is 26.8 Å². The molecule has 7 nitrogen and oxygen atoms in total. The number of amides is 1. The summed E-state index contributed by atoms with van der Waals surface area (Å²) < 4.78 is 1.63. The first-order chi connectivity index (χ1) is 13.1. The second-order valence-electron chi connectivity index (χ2n) is 6.21. The third-order valence-electron chi connectivity index (χ3n) is 3.84. The number of carbonyl (C=O) groups is 1. The van der Waals surface area contributed by atoms with Crippen LogP contribution in [0.4, 0.5) is 0 Å². The smallest absolute Gasteiger partial charge is 0.273 e. The van der Waals surface area contributed by atoms with E-state index in [4.69, 9.17) is 0 Å². The SMILES string of the molecule is Cc1cc(C)nc(CCNC(=O)c2cn(C/C=C/c3ccccc3)nn2)n1. The minimum absolute atomic E-state index is 0.252. The second kappa shape index (κ2) is 8.84. The van der Waals surface area contributed by atoms with Crippen molar-refractivity contribution in [3.63, 3.8) is 0 Å². The van der Waals surface area contributed by atoms with E-state index < -0.39 is 0 Å². The summed E-state index contributed by atoms with van der Waals surface area (Å²) in [5.41, 5.74) is 3.26. The molecule has 0 saturated heterocycles. The number of aromatic nitrogens is 5. The fourth-order valence-electron chi connectivity index (χ4n) is 2.64. The maximum atomic E-state index is 12.2. The summed E-state index contributed by atoms with van der Waals surface area (Å²) in [5.74, 6) is 0.472. The van der Waals surface area contributed by atoms with Gasteiger partial charge in [-0.05, 0) is 25.5 Å². The molecule has 0 saturated carbocycles. The number of carbonyl (C=O) groups excluding carboxylic acids is 1. The Balaban J connectivity index is 1.48. The van der Waals surface area contributed by atoms with Crippen molar-refractivity contribution in [1.82, 2.24) is 30.3 Å². The number of rotatable bonds is 7. The van der Waals surface area contributed by atoms with Crippen molar-refractivity contribution in [1.29, 1.82) is 0 Å². The number of hydrogen-bond acceptors (Lipinski definition) is 5. The van der Waals surface area contributed by atoms with E-state index in [1.165, 1.54) is 0 Å². The van der Waals surface area contributed by atoms with E-state index in [2.05, 4.69) is 25.6 Å². The number of aryl methyl sites for hydroxylation is 2. The fraction of sp³-hybridized carbons (Fsp3) is 0.250. The Morgan fingerprint density at radius 3 is 2.63 bits per heavy atom. The van der Waals surface area contributed by atoms with Gasteiger partial charge in [-0.25, -0.2) is 14.6 Å². The predicted molar refractivity (Wildman–Crippen MR) is 103 cm³/mol. The fourth-order valence-corrected chi connectivity index (χ4v) is 2.64. The highest BCUT2D eigenvalue weighted by Crippen LogP contribution is 2.02. The maximum absolute atomic E-state index is 12.2. The lowest BCUT2D eigenvalue weighted by atomic mass is 10.2. The monoisotopic (exact) mass is 362 g/mol. The normalized spacial score (nSPS) is 11.0. The minimum Gasteiger partial charge on any atom is -0.350 e. The molecule has 0 fully saturated rings. The van der Waals surface area contributed by atoms with Gasteiger partial charge in [0.1, 0.15) is 5.82 Å². The van der Waals surface area contributed by atoms with Crippen LogP contribution in [0.25, 0.3) is 6.08 Å². The molecule has 3 aromatic rings. The molecular formula is C20H22N6O. The Kier molecular flexibility index (Phi) is 6.04. The van der Waals surface area contributed by atoms with E-state index >= 15 is 0 Å². The average molecular weight is 362 g/mol. The van der Waals surface area contributed by atoms with Gasteiger partial charge in [0.15, 0.2) is 5.69 Å². The Bertz CT molecular complexity index is 912. The van der Waals surface area contributed by atoms with Gasteiger partial charge in [-0.3, -0.25) is 4.79 Å². The molecule has 0 aliphatic carbocycles. The molecule has 7 heteroatoms. The standard InChI is InChI=1S/C20H22N6O/c1-15-13-16(2)23-19(22-15)10-11-21-20(27)18-14-26(25-24-18)12-6-9-17-7-4-3-5-8-17/h3-9,13-14H,10-12H2,1-2H3,(H,21,27)/b9-6+. The first-order valence-electron chi connectivity index (χ1n) is 8.81. The van der Waals surface area contributed by atoms with Crippen molar-refractivity contribution in [3.05, 3.63) is 77.1 Å². The highest BCUT2D eigenvalue weighted by molar-refractivity contribution is 5.91. The van der Waals surface area contributed by atoms with Gasteiger partial charge in [0.25, 0.3) is 5.91 Å². The van der Waals surface area contributed by atoms with Gasteiger partial charge in [0.05, 0.1) is 12.7 Å². The van der Waals surface area contributed by atoms with Crippen LogP contribution >= 0.6 is 0 Å². The number of hydrogen-bond donors (Lipinski definition) is 1. The number of nitrogens with one attached hydrogen (secondary N) is 1. The van der Waals surface area contributed by atoms with Crippen molar-refractivity contribution in [2.75, 3.05) is 6.54 Å². The second-order valence-corrected chi connectivity index (χ2v) is 6.21. The zero-order valence-electron chi connectivity index (χ0n) is 15.5. The first-order valence-corrected chi connectivity index (χ1v) is 8.81. The summed E-state index contributed by atoms with van der Waals surface area (Å²) in [6, 6.07) is 11.9. The molecule has 1 amide bonds. The van der Waals surface area contributed by atoms with Crippen LogP contribution in [0, 0.1) is 13.8 Å². The lowest BCUT2D eigenvalue weighted by molar-refractivity contribution is 0.0949. The summed E-state index contributed by atoms with van der Waals surface area (Å²) >= 11 is 0. The van der Waals surface area contributed by atoms with E-state index in [9.17, 15) is 4.79 Å². The third kappa shape index (κ3) is 5.57. The summed E-state index contributed by atoms with van der Waals surface area (Å²) in [6.07, 6.45) is 6.19. The number of benzene rings is 1. The van der Waals surface area contributed by atoms with Crippen LogP contribution in [0.1, 0.15) is 33.3 Å². The maximum Gasteiger partial charge on any atom is 0.273 e. The first kappa shape index (κ1) is 18.4. The van der Waals surface area contributed by atoms with Crippen LogP contribution in [-0.2, 0) is 13.0 Å². The summed E-state index contributed by atoms with van der Waals surface area (Å²) in [7, 11) is 0. The molecule has 138 valence electrons. The molecule has 0 radical (unpaired) electrons. The van der Waals surface area contributed by atoms with E-state index in [-0.39, 0.29) is 5.91 Å². The summed E-state index contributed by atoms with van der Waals surface area (Å²) in [6.45, 7) is 4.86. The van der Waals surface area contributed by atoms with Gasteiger partial charge in [-0.1, -0.05) is 47.7 Å². The van der Waals surface area contributed by atoms with Gasteiger partial charge in [-0.15, -0.1) is 5.10 Å². The summed E-state index contributed by atoms with van der Waals surface area (Å²) in [5, 5.41) is 10.7. The zero-order valence-corrected chi connectivity index (χ0v) is 15.5. The predicted octanol–water partition coefficient (Wildman–Crippen LogP) is 2.37. The number of nitrogens with zero attached hydrogens (tertiary/aromatic N) is 5. The minimum atomic E-state index is -0.252. The molecule has 0 aliphatic rings. The lowest BCUT2D eigenvalue weighted by Crippen LogP contribution is -2.26. The Hall–Kier alpha value is -3.35. The Morgan fingerprint density at radius 1 is 1.15 bits per heavy atom. The van der Waals surface area contributed by atoms with Crippen LogP contribution in [0.5, 0.6) is 0 Å².